The van der Waals surface area contributed by atoms with Crippen LogP contribution in [0.15, 0.2) is 11.1 Å². The summed E-state index contributed by atoms with van der Waals surface area (Å²) < 4.78 is 11.2. The van der Waals surface area contributed by atoms with Gasteiger partial charge in [-0.15, -0.1) is 0 Å². The molecule has 0 aromatic heterocycles. The molecule has 4 fully saturated rings. The summed E-state index contributed by atoms with van der Waals surface area (Å²) in [6.07, 6.45) is 4.96. The number of fused-ring (bicyclic) bond motifs is 7. The predicted octanol–water partition coefficient (Wildman–Crippen LogP) is 6.82. The van der Waals surface area contributed by atoms with Gasteiger partial charge in [0.1, 0.15) is 17.8 Å². The SMILES string of the molecule is CC(=O)OC1CCC2(C)[C@H]3CCC4C5=C(C(C)C)C(=O)C[C@]5(C(O)C(=O)NNC(=O)OC(C)(C)C)CC[C@@]4(C)[C@]3(C)CC[C@H]2C1(C)C. The molecule has 0 radical (unpaired) electrons. The monoisotopic (exact) mass is 656 g/mol. The Kier molecular flexibility index (Phi) is 8.84. The van der Waals surface area contributed by atoms with Gasteiger partial charge in [-0.25, -0.2) is 10.2 Å². The lowest BCUT2D eigenvalue weighted by molar-refractivity contribution is -0.234. The molecule has 5 rings (SSSR count). The largest absolute Gasteiger partial charge is 0.462 e. The molecule has 264 valence electrons. The number of allylic oxidation sites excluding steroid dienone is 1. The maximum Gasteiger partial charge on any atom is 0.426 e. The van der Waals surface area contributed by atoms with Crippen molar-refractivity contribution in [1.29, 1.82) is 0 Å². The Bertz CT molecular complexity index is 1360. The highest BCUT2D eigenvalue weighted by atomic mass is 16.6. The number of carbonyl (C=O) groups excluding carboxylic acids is 4. The molecule has 5 aliphatic carbocycles. The van der Waals surface area contributed by atoms with E-state index in [0.29, 0.717) is 18.3 Å². The topological polar surface area (TPSA) is 131 Å². The van der Waals surface area contributed by atoms with Gasteiger partial charge in [0.15, 0.2) is 5.78 Å². The molecule has 4 unspecified atom stereocenters. The Balaban J connectivity index is 1.48. The zero-order chi connectivity index (χ0) is 35.1. The summed E-state index contributed by atoms with van der Waals surface area (Å²) in [6, 6.07) is 0. The summed E-state index contributed by atoms with van der Waals surface area (Å²) >= 11 is 0. The molecule has 3 N–H and O–H groups in total. The first-order valence-electron chi connectivity index (χ1n) is 18.0. The van der Waals surface area contributed by atoms with Crippen molar-refractivity contribution >= 4 is 23.8 Å². The van der Waals surface area contributed by atoms with Crippen molar-refractivity contribution in [1.82, 2.24) is 10.9 Å². The molecule has 4 saturated carbocycles. The van der Waals surface area contributed by atoms with Crippen molar-refractivity contribution in [2.75, 3.05) is 0 Å². The second-order valence-corrected chi connectivity index (χ2v) is 18.3. The van der Waals surface area contributed by atoms with E-state index in [4.69, 9.17) is 9.47 Å². The second kappa shape index (κ2) is 11.6. The average Bonchev–Trinajstić information content (AvgIpc) is 3.25. The van der Waals surface area contributed by atoms with Crippen LogP contribution in [0.1, 0.15) is 134 Å². The van der Waals surface area contributed by atoms with Gasteiger partial charge in [-0.05, 0) is 123 Å². The van der Waals surface area contributed by atoms with Gasteiger partial charge in [-0.1, -0.05) is 48.5 Å². The van der Waals surface area contributed by atoms with Crippen LogP contribution < -0.4 is 10.9 Å². The smallest absolute Gasteiger partial charge is 0.426 e. The summed E-state index contributed by atoms with van der Waals surface area (Å²) in [7, 11) is 0. The van der Waals surface area contributed by atoms with Crippen LogP contribution in [0.2, 0.25) is 0 Å². The lowest BCUT2D eigenvalue weighted by Gasteiger charge is -2.72. The van der Waals surface area contributed by atoms with Crippen LogP contribution in [0.5, 0.6) is 0 Å². The fourth-order valence-corrected chi connectivity index (χ4v) is 12.1. The van der Waals surface area contributed by atoms with Gasteiger partial charge in [0.25, 0.3) is 5.91 Å². The molecule has 0 aliphatic heterocycles. The van der Waals surface area contributed by atoms with Gasteiger partial charge in [-0.2, -0.15) is 0 Å². The molecule has 9 nitrogen and oxygen atoms in total. The fraction of sp³-hybridized carbons (Fsp3) is 0.842. The van der Waals surface area contributed by atoms with Gasteiger partial charge < -0.3 is 14.6 Å². The van der Waals surface area contributed by atoms with E-state index in [-0.39, 0.29) is 57.8 Å². The van der Waals surface area contributed by atoms with Gasteiger partial charge in [-0.3, -0.25) is 19.8 Å². The number of ketones is 1. The molecule has 5 aliphatic rings. The Morgan fingerprint density at radius 1 is 0.872 bits per heavy atom. The van der Waals surface area contributed by atoms with E-state index in [1.54, 1.807) is 20.8 Å². The maximum atomic E-state index is 13.9. The predicted molar refractivity (Wildman–Crippen MR) is 179 cm³/mol. The van der Waals surface area contributed by atoms with E-state index in [2.05, 4.69) is 45.5 Å². The lowest BCUT2D eigenvalue weighted by atomic mass is 9.33. The first-order chi connectivity index (χ1) is 21.5. The Morgan fingerprint density at radius 3 is 2.13 bits per heavy atom. The minimum atomic E-state index is -1.49. The van der Waals surface area contributed by atoms with Crippen LogP contribution in [-0.2, 0) is 23.9 Å². The van der Waals surface area contributed by atoms with E-state index in [9.17, 15) is 24.3 Å². The standard InChI is InChI=1S/C38H60N2O7/c1-21(2)28-24(42)20-38(30(43)31(44)39-40-32(45)47-33(4,5)6)19-18-36(10)23(29(28)38)12-13-26-35(9)16-15-27(46-22(3)41)34(7,8)25(35)14-17-37(26,36)11/h21,23,25-27,30,43H,12-20H2,1-11H3,(H,39,44)(H,40,45)/t23?,25-,26+,27?,30?,35?,36+,37+,38+/m0/s1. The third-order valence-corrected chi connectivity index (χ3v) is 14.2. The molecule has 0 saturated heterocycles. The number of aliphatic hydroxyl groups is 1. The number of hydrazine groups is 1. The van der Waals surface area contributed by atoms with Crippen LogP contribution in [-0.4, -0.2) is 46.7 Å². The van der Waals surface area contributed by atoms with Crippen LogP contribution in [0.3, 0.4) is 0 Å². The van der Waals surface area contributed by atoms with E-state index in [0.717, 1.165) is 56.1 Å². The summed E-state index contributed by atoms with van der Waals surface area (Å²) in [4.78, 5) is 51.7. The molecule has 0 bridgehead atoms. The Hall–Kier alpha value is -2.42. The molecule has 0 aromatic carbocycles. The molecular formula is C38H60N2O7. The third-order valence-electron chi connectivity index (χ3n) is 14.2. The van der Waals surface area contributed by atoms with Crippen LogP contribution in [0.25, 0.3) is 0 Å². The van der Waals surface area contributed by atoms with Crippen LogP contribution >= 0.6 is 0 Å². The minimum Gasteiger partial charge on any atom is -0.462 e. The van der Waals surface area contributed by atoms with Crippen LogP contribution in [0.4, 0.5) is 4.79 Å². The van der Waals surface area contributed by atoms with Gasteiger partial charge in [0.2, 0.25) is 0 Å². The zero-order valence-corrected chi connectivity index (χ0v) is 30.7. The highest BCUT2D eigenvalue weighted by Gasteiger charge is 2.71. The fourth-order valence-electron chi connectivity index (χ4n) is 12.1. The first-order valence-corrected chi connectivity index (χ1v) is 18.0. The normalized spacial score (nSPS) is 40.0. The molecule has 2 amide bonds. The molecule has 0 heterocycles. The van der Waals surface area contributed by atoms with Crippen molar-refractivity contribution in [2.45, 2.75) is 152 Å². The second-order valence-electron chi connectivity index (χ2n) is 18.3. The Morgan fingerprint density at radius 2 is 1.53 bits per heavy atom. The van der Waals surface area contributed by atoms with Crippen molar-refractivity contribution < 1.29 is 33.8 Å². The number of carbonyl (C=O) groups is 4. The van der Waals surface area contributed by atoms with Gasteiger partial charge >= 0.3 is 12.1 Å². The van der Waals surface area contributed by atoms with Crippen molar-refractivity contribution in [3.63, 3.8) is 0 Å². The summed E-state index contributed by atoms with van der Waals surface area (Å²) in [5.41, 5.74) is 4.52. The third kappa shape index (κ3) is 5.45. The quantitative estimate of drug-likeness (QED) is 0.224. The van der Waals surface area contributed by atoms with Gasteiger partial charge in [0, 0.05) is 24.2 Å². The number of esters is 1. The highest BCUT2D eigenvalue weighted by molar-refractivity contribution is 6.02. The van der Waals surface area contributed by atoms with E-state index in [1.807, 2.05) is 13.8 Å². The summed E-state index contributed by atoms with van der Waals surface area (Å²) in [5.74, 6) is 0.0141. The van der Waals surface area contributed by atoms with Crippen molar-refractivity contribution in [3.05, 3.63) is 11.1 Å². The number of Topliss-reactive ketones (excluding diaryl/α,β-unsaturated/α-hetero) is 1. The van der Waals surface area contributed by atoms with E-state index >= 15 is 0 Å². The minimum absolute atomic E-state index is 0.0100. The number of ether oxygens (including phenoxy) is 2. The zero-order valence-electron chi connectivity index (χ0n) is 30.7. The van der Waals surface area contributed by atoms with Crippen molar-refractivity contribution in [2.24, 2.45) is 50.7 Å². The van der Waals surface area contributed by atoms with Crippen molar-refractivity contribution in [3.8, 4) is 0 Å². The number of hydrogen-bond donors (Lipinski definition) is 3. The number of rotatable bonds is 4. The number of nitrogens with one attached hydrogen (secondary N) is 2. The maximum absolute atomic E-state index is 13.9. The molecule has 47 heavy (non-hydrogen) atoms. The van der Waals surface area contributed by atoms with E-state index < -0.39 is 29.1 Å². The van der Waals surface area contributed by atoms with E-state index in [1.165, 1.54) is 6.92 Å². The highest BCUT2D eigenvalue weighted by Crippen LogP contribution is 2.77. The summed E-state index contributed by atoms with van der Waals surface area (Å²) in [5, 5.41) is 11.9. The molecule has 9 atom stereocenters. The molecule has 0 spiro atoms. The number of aliphatic hydroxyl groups excluding tert-OH is 1. The number of amides is 2. The van der Waals surface area contributed by atoms with Crippen LogP contribution in [0, 0.1) is 50.7 Å². The molecule has 9 heteroatoms. The Labute approximate surface area is 281 Å². The molecule has 0 aromatic rings. The average molecular weight is 657 g/mol. The first kappa shape index (κ1) is 35.9. The summed E-state index contributed by atoms with van der Waals surface area (Å²) in [6.45, 7) is 22.8. The lowest BCUT2D eigenvalue weighted by Crippen LogP contribution is -2.66. The molecular weight excluding hydrogens is 596 g/mol. The van der Waals surface area contributed by atoms with Gasteiger partial charge in [0.05, 0.1) is 0 Å². The number of hydrogen-bond acceptors (Lipinski definition) is 7.